The molecule has 24 heavy (non-hydrogen) atoms. The number of carbonyl (C=O) groups excluding carboxylic acids is 2. The number of carbonyl (C=O) groups is 3. The molecule has 8 heteroatoms. The summed E-state index contributed by atoms with van der Waals surface area (Å²) in [5.41, 5.74) is 0.472. The van der Waals surface area contributed by atoms with E-state index in [1.54, 1.807) is 24.3 Å². The first-order valence-corrected chi connectivity index (χ1v) is 7.15. The van der Waals surface area contributed by atoms with Crippen LogP contribution in [-0.4, -0.2) is 29.4 Å². The molecule has 7 nitrogen and oxygen atoms in total. The van der Waals surface area contributed by atoms with Gasteiger partial charge in [-0.3, -0.25) is 14.4 Å². The molecule has 0 aliphatic rings. The molecule has 1 aromatic heterocycles. The van der Waals surface area contributed by atoms with Crippen molar-refractivity contribution in [1.82, 2.24) is 10.6 Å². The number of benzene rings is 1. The molecule has 0 aliphatic carbocycles. The van der Waals surface area contributed by atoms with Crippen molar-refractivity contribution in [3.8, 4) is 0 Å². The maximum Gasteiger partial charge on any atom is 0.322 e. The van der Waals surface area contributed by atoms with Crippen molar-refractivity contribution in [3.63, 3.8) is 0 Å². The highest BCUT2D eigenvalue weighted by molar-refractivity contribution is 6.30. The zero-order chi connectivity index (χ0) is 17.5. The van der Waals surface area contributed by atoms with E-state index in [9.17, 15) is 14.4 Å². The molecule has 2 rings (SSSR count). The van der Waals surface area contributed by atoms with Gasteiger partial charge in [-0.15, -0.1) is 0 Å². The maximum atomic E-state index is 12.1. The molecule has 2 amide bonds. The van der Waals surface area contributed by atoms with Gasteiger partial charge in [0.1, 0.15) is 12.2 Å². The van der Waals surface area contributed by atoms with Gasteiger partial charge in [-0.1, -0.05) is 23.7 Å². The van der Waals surface area contributed by atoms with Crippen LogP contribution in [0, 0.1) is 0 Å². The number of halogens is 1. The van der Waals surface area contributed by atoms with E-state index in [2.05, 4.69) is 10.6 Å². The monoisotopic (exact) mass is 348 g/mol. The van der Waals surface area contributed by atoms with Crippen LogP contribution in [0.15, 0.2) is 52.8 Å². The Morgan fingerprint density at radius 1 is 1.17 bits per heavy atom. The molecule has 0 atom stereocenters. The van der Waals surface area contributed by atoms with E-state index in [1.165, 1.54) is 24.5 Å². The summed E-state index contributed by atoms with van der Waals surface area (Å²) in [5.74, 6) is -2.56. The number of carboxylic acid groups (broad SMARTS) is 1. The van der Waals surface area contributed by atoms with Crippen LogP contribution >= 0.6 is 11.6 Å². The molecule has 0 radical (unpaired) electrons. The van der Waals surface area contributed by atoms with Crippen LogP contribution in [0.5, 0.6) is 0 Å². The predicted molar refractivity (Wildman–Crippen MR) is 86.2 cm³/mol. The van der Waals surface area contributed by atoms with Gasteiger partial charge in [0, 0.05) is 5.02 Å². The van der Waals surface area contributed by atoms with E-state index in [0.29, 0.717) is 10.6 Å². The van der Waals surface area contributed by atoms with Crippen LogP contribution < -0.4 is 10.6 Å². The number of carboxylic acids is 1. The molecule has 0 saturated heterocycles. The SMILES string of the molecule is O=C(O)CNC(=O)/C(=C/c1ccc(Cl)cc1)NC(=O)c1ccco1. The fraction of sp³-hybridized carbons (Fsp3) is 0.0625. The molecule has 1 heterocycles. The molecule has 1 aromatic carbocycles. The van der Waals surface area contributed by atoms with Gasteiger partial charge in [-0.25, -0.2) is 0 Å². The highest BCUT2D eigenvalue weighted by Crippen LogP contribution is 2.12. The Balaban J connectivity index is 2.23. The number of furan rings is 1. The van der Waals surface area contributed by atoms with Crippen molar-refractivity contribution < 1.29 is 23.9 Å². The minimum absolute atomic E-state index is 0.0167. The molecule has 0 aliphatic heterocycles. The third-order valence-electron chi connectivity index (χ3n) is 2.82. The minimum Gasteiger partial charge on any atom is -0.480 e. The molecule has 2 aromatic rings. The summed E-state index contributed by atoms with van der Waals surface area (Å²) in [6.45, 7) is -0.576. The third kappa shape index (κ3) is 4.99. The molecule has 0 fully saturated rings. The van der Waals surface area contributed by atoms with Gasteiger partial charge in [0.2, 0.25) is 0 Å². The van der Waals surface area contributed by atoms with Gasteiger partial charge in [-0.05, 0) is 35.9 Å². The Kier molecular flexibility index (Phi) is 5.75. The highest BCUT2D eigenvalue weighted by Gasteiger charge is 2.16. The summed E-state index contributed by atoms with van der Waals surface area (Å²) in [6, 6.07) is 9.49. The average molecular weight is 349 g/mol. The quantitative estimate of drug-likeness (QED) is 0.691. The second kappa shape index (κ2) is 7.98. The molecule has 124 valence electrons. The highest BCUT2D eigenvalue weighted by atomic mass is 35.5. The summed E-state index contributed by atoms with van der Waals surface area (Å²) in [4.78, 5) is 34.7. The zero-order valence-corrected chi connectivity index (χ0v) is 13.0. The summed E-state index contributed by atoms with van der Waals surface area (Å²) in [7, 11) is 0. The fourth-order valence-electron chi connectivity index (χ4n) is 1.73. The Hall–Kier alpha value is -3.06. The van der Waals surface area contributed by atoms with Crippen molar-refractivity contribution in [2.75, 3.05) is 6.54 Å². The number of hydrogen-bond donors (Lipinski definition) is 3. The van der Waals surface area contributed by atoms with Crippen LogP contribution in [-0.2, 0) is 9.59 Å². The van der Waals surface area contributed by atoms with Crippen LogP contribution in [0.3, 0.4) is 0 Å². The Bertz CT molecular complexity index is 766. The van der Waals surface area contributed by atoms with Crippen LogP contribution in [0.2, 0.25) is 5.02 Å². The minimum atomic E-state index is -1.20. The summed E-state index contributed by atoms with van der Waals surface area (Å²) >= 11 is 5.80. The Labute approximate surface area is 141 Å². The Morgan fingerprint density at radius 3 is 2.46 bits per heavy atom. The van der Waals surface area contributed by atoms with Gasteiger partial charge < -0.3 is 20.2 Å². The molecule has 3 N–H and O–H groups in total. The summed E-state index contributed by atoms with van der Waals surface area (Å²) in [5, 5.41) is 13.7. The summed E-state index contributed by atoms with van der Waals surface area (Å²) in [6.07, 6.45) is 2.72. The van der Waals surface area contributed by atoms with Crippen LogP contribution in [0.25, 0.3) is 6.08 Å². The lowest BCUT2D eigenvalue weighted by Gasteiger charge is -2.09. The summed E-state index contributed by atoms with van der Waals surface area (Å²) < 4.78 is 4.96. The number of hydrogen-bond acceptors (Lipinski definition) is 4. The van der Waals surface area contributed by atoms with Crippen molar-refractivity contribution >= 4 is 35.5 Å². The lowest BCUT2D eigenvalue weighted by atomic mass is 10.2. The van der Waals surface area contributed by atoms with E-state index in [0.717, 1.165) is 0 Å². The molecule has 0 spiro atoms. The van der Waals surface area contributed by atoms with E-state index in [4.69, 9.17) is 21.1 Å². The lowest BCUT2D eigenvalue weighted by Crippen LogP contribution is -2.37. The van der Waals surface area contributed by atoms with Crippen molar-refractivity contribution in [2.24, 2.45) is 0 Å². The normalized spacial score (nSPS) is 11.0. The van der Waals surface area contributed by atoms with Gasteiger partial charge in [0.15, 0.2) is 5.76 Å². The van der Waals surface area contributed by atoms with Crippen molar-refractivity contribution in [1.29, 1.82) is 0 Å². The molecular formula is C16H13ClN2O5. The zero-order valence-electron chi connectivity index (χ0n) is 12.3. The lowest BCUT2D eigenvalue weighted by molar-refractivity contribution is -0.137. The number of amides is 2. The third-order valence-corrected chi connectivity index (χ3v) is 3.07. The first kappa shape index (κ1) is 17.3. The Morgan fingerprint density at radius 2 is 1.88 bits per heavy atom. The predicted octanol–water partition coefficient (Wildman–Crippen LogP) is 1.90. The van der Waals surface area contributed by atoms with Crippen molar-refractivity contribution in [3.05, 3.63) is 64.7 Å². The molecule has 0 unspecified atom stereocenters. The largest absolute Gasteiger partial charge is 0.480 e. The number of rotatable bonds is 6. The van der Waals surface area contributed by atoms with Crippen LogP contribution in [0.1, 0.15) is 16.1 Å². The average Bonchev–Trinajstić information content (AvgIpc) is 3.08. The maximum absolute atomic E-state index is 12.1. The van der Waals surface area contributed by atoms with Gasteiger partial charge in [-0.2, -0.15) is 0 Å². The standard InChI is InChI=1S/C16H13ClN2O5/c17-11-5-3-10(4-6-11)8-12(15(22)18-9-14(20)21)19-16(23)13-2-1-7-24-13/h1-8H,9H2,(H,18,22)(H,19,23)(H,20,21)/b12-8-. The van der Waals surface area contributed by atoms with E-state index in [1.807, 2.05) is 0 Å². The first-order chi connectivity index (χ1) is 11.5. The van der Waals surface area contributed by atoms with E-state index in [-0.39, 0.29) is 11.5 Å². The second-order valence-electron chi connectivity index (χ2n) is 4.62. The number of nitrogens with one attached hydrogen (secondary N) is 2. The van der Waals surface area contributed by atoms with Crippen molar-refractivity contribution in [2.45, 2.75) is 0 Å². The fourth-order valence-corrected chi connectivity index (χ4v) is 1.85. The molecule has 0 bridgehead atoms. The smallest absolute Gasteiger partial charge is 0.322 e. The second-order valence-corrected chi connectivity index (χ2v) is 5.05. The van der Waals surface area contributed by atoms with Gasteiger partial charge >= 0.3 is 5.97 Å². The molecule has 0 saturated carbocycles. The van der Waals surface area contributed by atoms with E-state index < -0.39 is 24.3 Å². The van der Waals surface area contributed by atoms with Gasteiger partial charge in [0.05, 0.1) is 6.26 Å². The first-order valence-electron chi connectivity index (χ1n) is 6.78. The topological polar surface area (TPSA) is 109 Å². The van der Waals surface area contributed by atoms with Gasteiger partial charge in [0.25, 0.3) is 11.8 Å². The van der Waals surface area contributed by atoms with E-state index >= 15 is 0 Å². The number of aliphatic carboxylic acids is 1. The van der Waals surface area contributed by atoms with Crippen LogP contribution in [0.4, 0.5) is 0 Å². The molecular weight excluding hydrogens is 336 g/mol.